The number of nitrogens with two attached hydrogens (primary N) is 1. The molecule has 0 fully saturated rings. The number of aromatic hydroxyl groups is 1. The van der Waals surface area contributed by atoms with Gasteiger partial charge in [-0.15, -0.1) is 0 Å². The summed E-state index contributed by atoms with van der Waals surface area (Å²) < 4.78 is 24.9. The fourth-order valence-corrected chi connectivity index (χ4v) is 4.59. The largest absolute Gasteiger partial charge is 0.508 e. The number of nitrogens with one attached hydrogen (secondary N) is 2. The lowest BCUT2D eigenvalue weighted by Crippen LogP contribution is -2.69. The van der Waals surface area contributed by atoms with Crippen LogP contribution in [0.15, 0.2) is 48.5 Å². The van der Waals surface area contributed by atoms with Crippen LogP contribution in [-0.4, -0.2) is 81.1 Å². The number of amides is 4. The molecule has 0 aliphatic carbocycles. The van der Waals surface area contributed by atoms with E-state index in [9.17, 15) is 32.9 Å². The Labute approximate surface area is 234 Å². The van der Waals surface area contributed by atoms with Gasteiger partial charge in [-0.1, -0.05) is 24.3 Å². The number of likely N-dealkylation sites (N-methyl/N-ethyl adjacent to an activating group) is 1. The van der Waals surface area contributed by atoms with Gasteiger partial charge in [-0.25, -0.2) is 4.39 Å². The van der Waals surface area contributed by atoms with E-state index in [0.717, 1.165) is 5.56 Å². The molecule has 4 atom stereocenters. The summed E-state index contributed by atoms with van der Waals surface area (Å²) in [5.74, 6) is -2.71. The molecule has 2 aromatic carbocycles. The molecule has 13 heteroatoms. The first-order chi connectivity index (χ1) is 18.9. The maximum absolute atomic E-state index is 13.3. The number of hydrogen-bond acceptors (Lipinski definition) is 6. The molecule has 2 aromatic rings. The summed E-state index contributed by atoms with van der Waals surface area (Å²) in [6.45, 7) is 1.31. The Morgan fingerprint density at radius 2 is 1.60 bits per heavy atom. The van der Waals surface area contributed by atoms with E-state index in [1.807, 2.05) is 0 Å². The van der Waals surface area contributed by atoms with Crippen molar-refractivity contribution in [1.82, 2.24) is 15.5 Å². The molecule has 0 radical (unpaired) electrons. The van der Waals surface area contributed by atoms with Gasteiger partial charge >= 0.3 is 0 Å². The van der Waals surface area contributed by atoms with E-state index in [0.29, 0.717) is 5.56 Å². The standard InChI is InChI=1S/C27H36FN5O6S/c1-3-33(23(25(30)36)15-18-4-8-19(28)9-5-18)24(35)16-31-27(38)22(12-13-40(2)39)32-26(37)21(29)14-17-6-10-20(34)11-7-17/h4-11,21-23,34H,3,12-16,29H2,1-2H3,(H2,30,36)(H,31,38)(H,32,37)/p+1. The van der Waals surface area contributed by atoms with Crippen LogP contribution in [0.25, 0.3) is 0 Å². The predicted molar refractivity (Wildman–Crippen MR) is 147 cm³/mol. The number of nitrogens with zero attached hydrogens (tertiary/aromatic N) is 1. The number of phenols is 1. The molecule has 0 aliphatic rings. The van der Waals surface area contributed by atoms with Gasteiger partial charge in [0, 0.05) is 42.2 Å². The van der Waals surface area contributed by atoms with Crippen molar-refractivity contribution in [2.24, 2.45) is 5.73 Å². The fraction of sp³-hybridized carbons (Fsp3) is 0.407. The van der Waals surface area contributed by atoms with Crippen molar-refractivity contribution in [2.75, 3.05) is 25.1 Å². The Hall–Kier alpha value is -3.84. The third kappa shape index (κ3) is 10.4. The highest BCUT2D eigenvalue weighted by Crippen LogP contribution is 2.12. The lowest BCUT2D eigenvalue weighted by Gasteiger charge is -2.29. The molecule has 0 aromatic heterocycles. The second-order valence-corrected chi connectivity index (χ2v) is 10.9. The minimum atomic E-state index is -1.24. The van der Waals surface area contributed by atoms with Crippen LogP contribution in [-0.2, 0) is 42.8 Å². The smallest absolute Gasteiger partial charge is 0.279 e. The first-order valence-electron chi connectivity index (χ1n) is 12.7. The SMILES string of the molecule is CCN(C(=O)CNC(=O)C(CCS(C)=O)NC(=O)C([NH3+])Cc1ccc(O)cc1)C(Cc1ccc(F)cc1)C(N)=O. The van der Waals surface area contributed by atoms with Gasteiger partial charge in [-0.3, -0.25) is 23.4 Å². The molecular formula is C27H37FN5O6S+. The number of carbonyl (C=O) groups excluding carboxylic acids is 4. The number of carbonyl (C=O) groups is 4. The first kappa shape index (κ1) is 32.4. The van der Waals surface area contributed by atoms with Gasteiger partial charge in [-0.05, 0) is 48.7 Å². The Balaban J connectivity index is 2.05. The van der Waals surface area contributed by atoms with Crippen LogP contribution >= 0.6 is 0 Å². The number of phenolic OH excluding ortho intramolecular Hbond substituents is 1. The Morgan fingerprint density at radius 1 is 1.02 bits per heavy atom. The average molecular weight is 579 g/mol. The van der Waals surface area contributed by atoms with Crippen molar-refractivity contribution >= 4 is 34.4 Å². The van der Waals surface area contributed by atoms with Gasteiger partial charge in [0.25, 0.3) is 5.91 Å². The third-order valence-corrected chi connectivity index (χ3v) is 7.05. The number of benzene rings is 2. The zero-order valence-electron chi connectivity index (χ0n) is 22.6. The molecule has 0 bridgehead atoms. The first-order valence-corrected chi connectivity index (χ1v) is 14.5. The zero-order chi connectivity index (χ0) is 29.8. The summed E-state index contributed by atoms with van der Waals surface area (Å²) in [6.07, 6.45) is 1.86. The second kappa shape index (κ2) is 15.7. The van der Waals surface area contributed by atoms with Crippen LogP contribution in [0.5, 0.6) is 5.75 Å². The lowest BCUT2D eigenvalue weighted by molar-refractivity contribution is -0.403. The highest BCUT2D eigenvalue weighted by molar-refractivity contribution is 7.84. The van der Waals surface area contributed by atoms with Crippen LogP contribution in [0.1, 0.15) is 24.5 Å². The minimum Gasteiger partial charge on any atom is -0.508 e. The molecule has 11 nitrogen and oxygen atoms in total. The number of halogens is 1. The number of rotatable bonds is 15. The molecule has 0 heterocycles. The summed E-state index contributed by atoms with van der Waals surface area (Å²) in [5.41, 5.74) is 10.8. The van der Waals surface area contributed by atoms with E-state index in [1.54, 1.807) is 19.1 Å². The highest BCUT2D eigenvalue weighted by Gasteiger charge is 2.30. The monoisotopic (exact) mass is 578 g/mol. The Kier molecular flexibility index (Phi) is 12.7. The summed E-state index contributed by atoms with van der Waals surface area (Å²) in [6, 6.07) is 8.91. The van der Waals surface area contributed by atoms with Gasteiger partial charge in [-0.2, -0.15) is 0 Å². The third-order valence-electron chi connectivity index (χ3n) is 6.24. The molecule has 4 unspecified atom stereocenters. The normalized spacial score (nSPS) is 13.9. The lowest BCUT2D eigenvalue weighted by atomic mass is 10.0. The highest BCUT2D eigenvalue weighted by atomic mass is 32.2. The van der Waals surface area contributed by atoms with E-state index in [4.69, 9.17) is 5.73 Å². The van der Waals surface area contributed by atoms with Gasteiger partial charge in [0.15, 0.2) is 6.04 Å². The number of hydrogen-bond donors (Lipinski definition) is 5. The van der Waals surface area contributed by atoms with Crippen molar-refractivity contribution in [2.45, 2.75) is 44.3 Å². The second-order valence-electron chi connectivity index (χ2n) is 9.34. The molecule has 4 amide bonds. The van der Waals surface area contributed by atoms with Crippen LogP contribution in [0, 0.1) is 5.82 Å². The van der Waals surface area contributed by atoms with Crippen molar-refractivity contribution in [1.29, 1.82) is 0 Å². The van der Waals surface area contributed by atoms with E-state index >= 15 is 0 Å². The van der Waals surface area contributed by atoms with Crippen LogP contribution < -0.4 is 22.1 Å². The molecule has 0 spiro atoms. The maximum atomic E-state index is 13.3. The van der Waals surface area contributed by atoms with E-state index in [2.05, 4.69) is 16.4 Å². The Bertz CT molecular complexity index is 1190. The van der Waals surface area contributed by atoms with Gasteiger partial charge in [0.05, 0.1) is 6.54 Å². The van der Waals surface area contributed by atoms with Crippen LogP contribution in [0.2, 0.25) is 0 Å². The number of primary amides is 1. The van der Waals surface area contributed by atoms with Crippen molar-refractivity contribution < 1.29 is 38.6 Å². The van der Waals surface area contributed by atoms with Crippen molar-refractivity contribution in [3.63, 3.8) is 0 Å². The quantitative estimate of drug-likeness (QED) is 0.180. The molecule has 218 valence electrons. The Morgan fingerprint density at radius 3 is 2.15 bits per heavy atom. The minimum absolute atomic E-state index is 0.0623. The molecular weight excluding hydrogens is 541 g/mol. The van der Waals surface area contributed by atoms with Gasteiger partial charge in [0.1, 0.15) is 23.7 Å². The van der Waals surface area contributed by atoms with Gasteiger partial charge in [0.2, 0.25) is 17.7 Å². The van der Waals surface area contributed by atoms with Crippen molar-refractivity contribution in [3.8, 4) is 5.75 Å². The van der Waals surface area contributed by atoms with Crippen LogP contribution in [0.4, 0.5) is 4.39 Å². The summed E-state index contributed by atoms with van der Waals surface area (Å²) >= 11 is 0. The molecule has 8 N–H and O–H groups in total. The van der Waals surface area contributed by atoms with E-state index < -0.39 is 64.9 Å². The maximum Gasteiger partial charge on any atom is 0.279 e. The van der Waals surface area contributed by atoms with E-state index in [-0.39, 0.29) is 37.3 Å². The number of quaternary nitrogens is 1. The fourth-order valence-electron chi connectivity index (χ4n) is 4.02. The summed E-state index contributed by atoms with van der Waals surface area (Å²) in [5, 5.41) is 14.5. The predicted octanol–water partition coefficient (Wildman–Crippen LogP) is -1.00. The van der Waals surface area contributed by atoms with Gasteiger partial charge < -0.3 is 32.1 Å². The molecule has 0 aliphatic heterocycles. The molecule has 40 heavy (non-hydrogen) atoms. The average Bonchev–Trinajstić information content (AvgIpc) is 2.91. The molecule has 0 saturated heterocycles. The van der Waals surface area contributed by atoms with E-state index in [1.165, 1.54) is 47.6 Å². The topological polar surface area (TPSA) is 187 Å². The molecule has 0 saturated carbocycles. The van der Waals surface area contributed by atoms with Crippen molar-refractivity contribution in [3.05, 3.63) is 65.5 Å². The summed E-state index contributed by atoms with van der Waals surface area (Å²) in [4.78, 5) is 52.2. The molecule has 2 rings (SSSR count). The summed E-state index contributed by atoms with van der Waals surface area (Å²) in [7, 11) is -1.24. The zero-order valence-corrected chi connectivity index (χ0v) is 23.4. The van der Waals surface area contributed by atoms with Crippen LogP contribution in [0.3, 0.4) is 0 Å².